The van der Waals surface area contributed by atoms with Crippen LogP contribution < -0.4 is 5.32 Å². The van der Waals surface area contributed by atoms with Crippen molar-refractivity contribution in [2.45, 2.75) is 38.8 Å². The number of rotatable bonds is 4. The van der Waals surface area contributed by atoms with E-state index in [4.69, 9.17) is 11.6 Å². The Labute approximate surface area is 148 Å². The topological polar surface area (TPSA) is 32.3 Å². The molecular weight excluding hydrogens is 318 g/mol. The van der Waals surface area contributed by atoms with E-state index in [9.17, 15) is 5.11 Å². The van der Waals surface area contributed by atoms with Crippen LogP contribution in [0.4, 0.5) is 5.69 Å². The van der Waals surface area contributed by atoms with Gasteiger partial charge in [-0.1, -0.05) is 53.3 Å². The summed E-state index contributed by atoms with van der Waals surface area (Å²) in [7, 11) is 0. The van der Waals surface area contributed by atoms with Crippen molar-refractivity contribution in [3.63, 3.8) is 0 Å². The van der Waals surface area contributed by atoms with E-state index in [2.05, 4.69) is 48.3 Å². The van der Waals surface area contributed by atoms with Crippen LogP contribution in [0.5, 0.6) is 0 Å². The van der Waals surface area contributed by atoms with Gasteiger partial charge in [-0.15, -0.1) is 0 Å². The molecule has 1 saturated carbocycles. The minimum Gasteiger partial charge on any atom is -0.381 e. The van der Waals surface area contributed by atoms with E-state index < -0.39 is 5.60 Å². The quantitative estimate of drug-likeness (QED) is 0.778. The average Bonchev–Trinajstić information content (AvgIpc) is 3.38. The van der Waals surface area contributed by atoms with Gasteiger partial charge in [0.05, 0.1) is 0 Å². The molecule has 0 radical (unpaired) electrons. The Hall–Kier alpha value is -1.95. The fourth-order valence-corrected chi connectivity index (χ4v) is 2.69. The molecule has 1 fully saturated rings. The molecule has 2 N–H and O–H groups in total. The lowest BCUT2D eigenvalue weighted by Crippen LogP contribution is -2.21. The lowest BCUT2D eigenvalue weighted by molar-refractivity contribution is 0.122. The van der Waals surface area contributed by atoms with Gasteiger partial charge in [0.15, 0.2) is 0 Å². The second-order valence-corrected chi connectivity index (χ2v) is 7.08. The third-order valence-electron chi connectivity index (χ3n) is 4.21. The van der Waals surface area contributed by atoms with Crippen molar-refractivity contribution >= 4 is 17.3 Å². The second-order valence-electron chi connectivity index (χ2n) is 6.64. The molecule has 0 heterocycles. The molecule has 0 unspecified atom stereocenters. The highest BCUT2D eigenvalue weighted by Crippen LogP contribution is 2.33. The summed E-state index contributed by atoms with van der Waals surface area (Å²) in [6.45, 7) is 4.48. The molecule has 0 aromatic heterocycles. The minimum absolute atomic E-state index is 0.444. The number of anilines is 1. The molecule has 0 aliphatic heterocycles. The van der Waals surface area contributed by atoms with Crippen molar-refractivity contribution in [3.05, 3.63) is 64.2 Å². The summed E-state index contributed by atoms with van der Waals surface area (Å²) in [5.74, 6) is 6.61. The van der Waals surface area contributed by atoms with E-state index in [0.717, 1.165) is 24.1 Å². The molecule has 0 amide bonds. The zero-order chi connectivity index (χ0) is 17.2. The van der Waals surface area contributed by atoms with Crippen LogP contribution in [0.2, 0.25) is 5.02 Å². The standard InChI is InChI=1S/C21H22ClNO/c1-15-3-5-17(6-4-15)14-23-20-10-9-18(22)13-19(20)21(2,24)12-11-16-7-8-16/h3-6,9-10,13,16,23-24H,7-8,14H2,1-2H3/t21-/m0/s1. The highest BCUT2D eigenvalue weighted by Gasteiger charge is 2.26. The third kappa shape index (κ3) is 4.32. The van der Waals surface area contributed by atoms with Crippen molar-refractivity contribution in [1.29, 1.82) is 0 Å². The summed E-state index contributed by atoms with van der Waals surface area (Å²) < 4.78 is 0. The molecule has 2 nitrogen and oxygen atoms in total. The molecular formula is C21H22ClNO. The van der Waals surface area contributed by atoms with E-state index in [1.807, 2.05) is 12.1 Å². The fourth-order valence-electron chi connectivity index (χ4n) is 2.51. The first-order valence-corrected chi connectivity index (χ1v) is 8.66. The van der Waals surface area contributed by atoms with Gasteiger partial charge in [0.2, 0.25) is 0 Å². The first-order chi connectivity index (χ1) is 11.4. The largest absolute Gasteiger partial charge is 0.381 e. The monoisotopic (exact) mass is 339 g/mol. The normalized spacial score (nSPS) is 16.0. The Balaban J connectivity index is 1.82. The summed E-state index contributed by atoms with van der Waals surface area (Å²) in [6.07, 6.45) is 2.27. The second kappa shape index (κ2) is 6.89. The van der Waals surface area contributed by atoms with Crippen molar-refractivity contribution in [3.8, 4) is 11.8 Å². The van der Waals surface area contributed by atoms with Gasteiger partial charge in [0.25, 0.3) is 0 Å². The van der Waals surface area contributed by atoms with Gasteiger partial charge in [-0.2, -0.15) is 0 Å². The summed E-state index contributed by atoms with van der Waals surface area (Å²) in [4.78, 5) is 0. The van der Waals surface area contributed by atoms with Crippen LogP contribution in [0, 0.1) is 24.7 Å². The Morgan fingerprint density at radius 1 is 1.21 bits per heavy atom. The lowest BCUT2D eigenvalue weighted by atomic mass is 9.94. The maximum absolute atomic E-state index is 10.8. The fraction of sp³-hybridized carbons (Fsp3) is 0.333. The van der Waals surface area contributed by atoms with Crippen molar-refractivity contribution in [1.82, 2.24) is 0 Å². The number of halogens is 1. The van der Waals surface area contributed by atoms with E-state index in [1.165, 1.54) is 11.1 Å². The lowest BCUT2D eigenvalue weighted by Gasteiger charge is -2.22. The van der Waals surface area contributed by atoms with Crippen LogP contribution in [-0.4, -0.2) is 5.11 Å². The summed E-state index contributed by atoms with van der Waals surface area (Å²) in [6, 6.07) is 13.9. The van der Waals surface area contributed by atoms with Crippen molar-refractivity contribution in [2.75, 3.05) is 5.32 Å². The van der Waals surface area contributed by atoms with Crippen LogP contribution in [0.3, 0.4) is 0 Å². The van der Waals surface area contributed by atoms with Crippen LogP contribution in [0.1, 0.15) is 36.5 Å². The van der Waals surface area contributed by atoms with Crippen LogP contribution in [0.15, 0.2) is 42.5 Å². The molecule has 3 heteroatoms. The van der Waals surface area contributed by atoms with Gasteiger partial charge in [0, 0.05) is 28.7 Å². The maximum atomic E-state index is 10.8. The van der Waals surface area contributed by atoms with Gasteiger partial charge in [-0.25, -0.2) is 0 Å². The number of aryl methyl sites for hydroxylation is 1. The summed E-state index contributed by atoms with van der Waals surface area (Å²) in [5.41, 5.74) is 2.78. The molecule has 1 aliphatic rings. The van der Waals surface area contributed by atoms with Gasteiger partial charge < -0.3 is 10.4 Å². The molecule has 24 heavy (non-hydrogen) atoms. The first-order valence-electron chi connectivity index (χ1n) is 8.28. The Morgan fingerprint density at radius 2 is 1.92 bits per heavy atom. The highest BCUT2D eigenvalue weighted by atomic mass is 35.5. The maximum Gasteiger partial charge on any atom is 0.150 e. The summed E-state index contributed by atoms with van der Waals surface area (Å²) >= 11 is 6.15. The minimum atomic E-state index is -1.22. The number of nitrogens with one attached hydrogen (secondary N) is 1. The van der Waals surface area contributed by atoms with E-state index in [1.54, 1.807) is 13.0 Å². The first kappa shape index (κ1) is 16.9. The van der Waals surface area contributed by atoms with Crippen LogP contribution in [0.25, 0.3) is 0 Å². The van der Waals surface area contributed by atoms with Crippen LogP contribution >= 0.6 is 11.6 Å². The Bertz CT molecular complexity index is 780. The Kier molecular flexibility index (Phi) is 4.85. The molecule has 124 valence electrons. The molecule has 1 atom stereocenters. The molecule has 0 saturated heterocycles. The van der Waals surface area contributed by atoms with Crippen LogP contribution in [-0.2, 0) is 12.1 Å². The number of hydrogen-bond acceptors (Lipinski definition) is 2. The molecule has 2 aromatic carbocycles. The zero-order valence-corrected chi connectivity index (χ0v) is 14.8. The van der Waals surface area contributed by atoms with Crippen molar-refractivity contribution in [2.24, 2.45) is 5.92 Å². The van der Waals surface area contributed by atoms with Gasteiger partial charge in [0.1, 0.15) is 5.60 Å². The molecule has 0 spiro atoms. The molecule has 1 aliphatic carbocycles. The highest BCUT2D eigenvalue weighted by molar-refractivity contribution is 6.30. The zero-order valence-electron chi connectivity index (χ0n) is 14.1. The Morgan fingerprint density at radius 3 is 2.58 bits per heavy atom. The number of hydrogen-bond donors (Lipinski definition) is 2. The van der Waals surface area contributed by atoms with Gasteiger partial charge in [-0.05, 0) is 50.5 Å². The molecule has 2 aromatic rings. The van der Waals surface area contributed by atoms with E-state index in [0.29, 0.717) is 17.5 Å². The smallest absolute Gasteiger partial charge is 0.150 e. The third-order valence-corrected chi connectivity index (χ3v) is 4.44. The van der Waals surface area contributed by atoms with E-state index >= 15 is 0 Å². The molecule has 0 bridgehead atoms. The predicted molar refractivity (Wildman–Crippen MR) is 100 cm³/mol. The molecule has 3 rings (SSSR count). The number of aliphatic hydroxyl groups is 1. The van der Waals surface area contributed by atoms with Gasteiger partial charge in [-0.3, -0.25) is 0 Å². The van der Waals surface area contributed by atoms with E-state index in [-0.39, 0.29) is 0 Å². The predicted octanol–water partition coefficient (Wildman–Crippen LogP) is 4.88. The SMILES string of the molecule is Cc1ccc(CNc2ccc(Cl)cc2[C@@](C)(O)C#CC2CC2)cc1. The van der Waals surface area contributed by atoms with Crippen molar-refractivity contribution < 1.29 is 5.11 Å². The average molecular weight is 340 g/mol. The summed E-state index contributed by atoms with van der Waals surface area (Å²) in [5, 5.41) is 14.8. The number of benzene rings is 2. The van der Waals surface area contributed by atoms with Gasteiger partial charge >= 0.3 is 0 Å².